The summed E-state index contributed by atoms with van der Waals surface area (Å²) in [6.07, 6.45) is 5.26. The van der Waals surface area contributed by atoms with E-state index in [9.17, 15) is 4.79 Å². The number of benzene rings is 1. The number of rotatable bonds is 5. The zero-order valence-corrected chi connectivity index (χ0v) is 12.2. The van der Waals surface area contributed by atoms with Gasteiger partial charge in [-0.05, 0) is 37.6 Å². The van der Waals surface area contributed by atoms with Crippen LogP contribution in [0.25, 0.3) is 10.9 Å². The number of nitrogens with zero attached hydrogens (tertiary/aromatic N) is 1. The van der Waals surface area contributed by atoms with Gasteiger partial charge in [0.2, 0.25) is 0 Å². The first-order chi connectivity index (χ1) is 10.2. The molecule has 0 fully saturated rings. The average molecular weight is 282 g/mol. The fourth-order valence-corrected chi connectivity index (χ4v) is 2.15. The predicted octanol–water partition coefficient (Wildman–Crippen LogP) is 2.37. The largest absolute Gasteiger partial charge is 0.465 e. The van der Waals surface area contributed by atoms with Gasteiger partial charge < -0.3 is 4.74 Å². The zero-order valence-electron chi connectivity index (χ0n) is 12.2. The highest BCUT2D eigenvalue weighted by Gasteiger charge is 2.21. The van der Waals surface area contributed by atoms with Crippen LogP contribution in [0, 0.1) is 19.3 Å². The molecule has 0 aliphatic heterocycles. The van der Waals surface area contributed by atoms with Gasteiger partial charge in [-0.2, -0.15) is 0 Å². The molecule has 21 heavy (non-hydrogen) atoms. The lowest BCUT2D eigenvalue weighted by Crippen LogP contribution is -2.30. The monoisotopic (exact) mass is 282 g/mol. The number of carbonyl (C=O) groups excluding carboxylic acids is 1. The molecule has 1 unspecified atom stereocenters. The molecule has 0 bridgehead atoms. The van der Waals surface area contributed by atoms with Crippen LogP contribution < -0.4 is 5.32 Å². The van der Waals surface area contributed by atoms with Gasteiger partial charge in [0.1, 0.15) is 6.04 Å². The number of terminal acetylenes is 1. The van der Waals surface area contributed by atoms with Gasteiger partial charge >= 0.3 is 5.97 Å². The van der Waals surface area contributed by atoms with Crippen molar-refractivity contribution in [3.8, 4) is 12.3 Å². The second-order valence-corrected chi connectivity index (χ2v) is 4.67. The summed E-state index contributed by atoms with van der Waals surface area (Å²) in [6, 6.07) is 9.09. The van der Waals surface area contributed by atoms with Gasteiger partial charge in [0.15, 0.2) is 0 Å². The van der Waals surface area contributed by atoms with Crippen LogP contribution in [-0.4, -0.2) is 24.1 Å². The summed E-state index contributed by atoms with van der Waals surface area (Å²) in [4.78, 5) is 16.5. The summed E-state index contributed by atoms with van der Waals surface area (Å²) in [5.74, 6) is 2.15. The van der Waals surface area contributed by atoms with E-state index < -0.39 is 6.04 Å². The molecule has 1 aromatic heterocycles. The molecule has 1 atom stereocenters. The van der Waals surface area contributed by atoms with Crippen LogP contribution in [0.3, 0.4) is 0 Å². The molecule has 0 radical (unpaired) electrons. The van der Waals surface area contributed by atoms with Crippen LogP contribution in [0.15, 0.2) is 30.3 Å². The Morgan fingerprint density at radius 1 is 1.43 bits per heavy atom. The predicted molar refractivity (Wildman–Crippen MR) is 82.7 cm³/mol. The maximum atomic E-state index is 12.1. The summed E-state index contributed by atoms with van der Waals surface area (Å²) in [7, 11) is 0. The smallest absolute Gasteiger partial charge is 0.327 e. The minimum atomic E-state index is -0.563. The molecule has 1 heterocycles. The first kappa shape index (κ1) is 15.0. The zero-order chi connectivity index (χ0) is 15.2. The molecule has 4 heteroatoms. The van der Waals surface area contributed by atoms with E-state index in [4.69, 9.17) is 11.2 Å². The lowest BCUT2D eigenvalue weighted by molar-refractivity contribution is -0.145. The normalized spacial score (nSPS) is 11.9. The molecule has 2 rings (SSSR count). The van der Waals surface area contributed by atoms with E-state index in [-0.39, 0.29) is 5.97 Å². The maximum Gasteiger partial charge on any atom is 0.327 e. The molecule has 1 aromatic carbocycles. The molecule has 108 valence electrons. The van der Waals surface area contributed by atoms with E-state index in [1.54, 1.807) is 6.92 Å². The quantitative estimate of drug-likeness (QED) is 0.675. The van der Waals surface area contributed by atoms with Crippen LogP contribution in [-0.2, 0) is 9.53 Å². The number of hydrogen-bond acceptors (Lipinski definition) is 4. The number of aryl methyl sites for hydroxylation is 1. The highest BCUT2D eigenvalue weighted by molar-refractivity contribution is 5.83. The highest BCUT2D eigenvalue weighted by atomic mass is 16.5. The van der Waals surface area contributed by atoms with Gasteiger partial charge in [0.05, 0.1) is 18.7 Å². The van der Waals surface area contributed by atoms with E-state index in [0.717, 1.165) is 22.2 Å². The van der Waals surface area contributed by atoms with Crippen molar-refractivity contribution in [3.05, 3.63) is 41.6 Å². The Morgan fingerprint density at radius 3 is 2.95 bits per heavy atom. The van der Waals surface area contributed by atoms with E-state index in [2.05, 4.69) is 16.2 Å². The third kappa shape index (κ3) is 3.59. The Kier molecular flexibility index (Phi) is 4.91. The molecule has 0 spiro atoms. The number of pyridine rings is 1. The number of aromatic nitrogens is 1. The summed E-state index contributed by atoms with van der Waals surface area (Å²) in [5.41, 5.74) is 2.68. The summed E-state index contributed by atoms with van der Waals surface area (Å²) >= 11 is 0. The SMILES string of the molecule is C#CCNC(C(=O)OCC)c1ccc2nc(C)ccc2c1. The van der Waals surface area contributed by atoms with Crippen molar-refractivity contribution in [3.63, 3.8) is 0 Å². The van der Waals surface area contributed by atoms with Crippen molar-refractivity contribution in [2.75, 3.05) is 13.2 Å². The minimum Gasteiger partial charge on any atom is -0.465 e. The first-order valence-corrected chi connectivity index (χ1v) is 6.86. The molecular formula is C17H18N2O2. The Morgan fingerprint density at radius 2 is 2.24 bits per heavy atom. The Balaban J connectivity index is 2.37. The van der Waals surface area contributed by atoms with E-state index >= 15 is 0 Å². The van der Waals surface area contributed by atoms with Gasteiger partial charge in [0.25, 0.3) is 0 Å². The molecule has 0 aliphatic rings. The van der Waals surface area contributed by atoms with E-state index in [1.807, 2.05) is 37.3 Å². The molecule has 1 N–H and O–H groups in total. The Bertz CT molecular complexity index is 689. The van der Waals surface area contributed by atoms with Crippen LogP contribution in [0.4, 0.5) is 0 Å². The molecule has 0 saturated heterocycles. The van der Waals surface area contributed by atoms with Crippen LogP contribution >= 0.6 is 0 Å². The number of nitrogens with one attached hydrogen (secondary N) is 1. The molecule has 0 aliphatic carbocycles. The van der Waals surface area contributed by atoms with Gasteiger partial charge in [0, 0.05) is 11.1 Å². The van der Waals surface area contributed by atoms with Crippen LogP contribution in [0.2, 0.25) is 0 Å². The molecule has 2 aromatic rings. The van der Waals surface area contributed by atoms with Crippen molar-refractivity contribution < 1.29 is 9.53 Å². The lowest BCUT2D eigenvalue weighted by Gasteiger charge is -2.16. The number of esters is 1. The second-order valence-electron chi connectivity index (χ2n) is 4.67. The standard InChI is InChI=1S/C17H18N2O2/c1-4-10-18-16(17(20)21-5-2)14-8-9-15-13(11-14)7-6-12(3)19-15/h1,6-9,11,16,18H,5,10H2,2-3H3. The summed E-state index contributed by atoms with van der Waals surface area (Å²) < 4.78 is 5.10. The first-order valence-electron chi connectivity index (χ1n) is 6.86. The molecular weight excluding hydrogens is 264 g/mol. The Labute approximate surface area is 124 Å². The van der Waals surface area contributed by atoms with Crippen molar-refractivity contribution in [2.24, 2.45) is 0 Å². The molecule has 0 amide bonds. The third-order valence-electron chi connectivity index (χ3n) is 3.12. The highest BCUT2D eigenvalue weighted by Crippen LogP contribution is 2.21. The fourth-order valence-electron chi connectivity index (χ4n) is 2.15. The number of ether oxygens (including phenoxy) is 1. The number of fused-ring (bicyclic) bond motifs is 1. The summed E-state index contributed by atoms with van der Waals surface area (Å²) in [5, 5.41) is 4.00. The lowest BCUT2D eigenvalue weighted by atomic mass is 10.0. The van der Waals surface area contributed by atoms with Crippen molar-refractivity contribution in [1.82, 2.24) is 10.3 Å². The molecule has 0 saturated carbocycles. The van der Waals surface area contributed by atoms with E-state index in [0.29, 0.717) is 13.2 Å². The number of carbonyl (C=O) groups is 1. The Hall–Kier alpha value is -2.38. The molecule has 4 nitrogen and oxygen atoms in total. The van der Waals surface area contributed by atoms with Gasteiger partial charge in [-0.1, -0.05) is 18.1 Å². The van der Waals surface area contributed by atoms with Gasteiger partial charge in [-0.15, -0.1) is 6.42 Å². The maximum absolute atomic E-state index is 12.1. The second kappa shape index (κ2) is 6.87. The van der Waals surface area contributed by atoms with Gasteiger partial charge in [-0.25, -0.2) is 4.79 Å². The van der Waals surface area contributed by atoms with Crippen LogP contribution in [0.1, 0.15) is 24.2 Å². The van der Waals surface area contributed by atoms with Crippen molar-refractivity contribution >= 4 is 16.9 Å². The van der Waals surface area contributed by atoms with Crippen LogP contribution in [0.5, 0.6) is 0 Å². The average Bonchev–Trinajstić information content (AvgIpc) is 2.48. The van der Waals surface area contributed by atoms with E-state index in [1.165, 1.54) is 0 Å². The summed E-state index contributed by atoms with van der Waals surface area (Å²) in [6.45, 7) is 4.36. The topological polar surface area (TPSA) is 51.2 Å². The number of hydrogen-bond donors (Lipinski definition) is 1. The van der Waals surface area contributed by atoms with Crippen molar-refractivity contribution in [2.45, 2.75) is 19.9 Å². The van der Waals surface area contributed by atoms with Crippen molar-refractivity contribution in [1.29, 1.82) is 0 Å². The minimum absolute atomic E-state index is 0.299. The fraction of sp³-hybridized carbons (Fsp3) is 0.294. The van der Waals surface area contributed by atoms with Gasteiger partial charge in [-0.3, -0.25) is 10.3 Å². The third-order valence-corrected chi connectivity index (χ3v) is 3.12.